The summed E-state index contributed by atoms with van der Waals surface area (Å²) in [5, 5.41) is 8.50. The molecule has 0 bridgehead atoms. The van der Waals surface area contributed by atoms with Gasteiger partial charge in [-0.25, -0.2) is 0 Å². The van der Waals surface area contributed by atoms with Crippen molar-refractivity contribution in [2.75, 3.05) is 38.2 Å². The van der Waals surface area contributed by atoms with Crippen LogP contribution in [0.5, 0.6) is 5.75 Å². The van der Waals surface area contributed by atoms with Gasteiger partial charge in [0.25, 0.3) is 0 Å². The van der Waals surface area contributed by atoms with Gasteiger partial charge in [0.2, 0.25) is 11.8 Å². The summed E-state index contributed by atoms with van der Waals surface area (Å²) < 4.78 is 11.3. The number of aromatic nitrogens is 2. The molecule has 0 aliphatic carbocycles. The SMILES string of the molecule is COc1cccc(N2CCN([C@@H](C)c3nnc(-c4ccccc4)o3)CC2)c1. The van der Waals surface area contributed by atoms with Gasteiger partial charge in [-0.05, 0) is 31.2 Å². The minimum Gasteiger partial charge on any atom is -0.497 e. The summed E-state index contributed by atoms with van der Waals surface area (Å²) in [7, 11) is 1.70. The Morgan fingerprint density at radius 2 is 1.74 bits per heavy atom. The number of ether oxygens (including phenoxy) is 1. The van der Waals surface area contributed by atoms with Crippen LogP contribution in [0.3, 0.4) is 0 Å². The number of hydrogen-bond donors (Lipinski definition) is 0. The molecule has 1 aliphatic rings. The first kappa shape index (κ1) is 17.5. The molecule has 27 heavy (non-hydrogen) atoms. The molecule has 0 amide bonds. The lowest BCUT2D eigenvalue weighted by Crippen LogP contribution is -2.47. The maximum absolute atomic E-state index is 5.93. The van der Waals surface area contributed by atoms with Gasteiger partial charge in [-0.3, -0.25) is 4.90 Å². The first-order valence-corrected chi connectivity index (χ1v) is 9.26. The van der Waals surface area contributed by atoms with Crippen LogP contribution in [0.2, 0.25) is 0 Å². The van der Waals surface area contributed by atoms with E-state index in [0.29, 0.717) is 11.8 Å². The van der Waals surface area contributed by atoms with Gasteiger partial charge >= 0.3 is 0 Å². The summed E-state index contributed by atoms with van der Waals surface area (Å²) in [5.74, 6) is 2.14. The molecule has 6 heteroatoms. The molecule has 140 valence electrons. The largest absolute Gasteiger partial charge is 0.497 e. The van der Waals surface area contributed by atoms with E-state index in [1.54, 1.807) is 7.11 Å². The van der Waals surface area contributed by atoms with Gasteiger partial charge in [-0.15, -0.1) is 10.2 Å². The van der Waals surface area contributed by atoms with Crippen molar-refractivity contribution in [1.29, 1.82) is 0 Å². The van der Waals surface area contributed by atoms with Crippen molar-refractivity contribution in [3.63, 3.8) is 0 Å². The average Bonchev–Trinajstić information content (AvgIpc) is 3.24. The second-order valence-corrected chi connectivity index (χ2v) is 6.71. The van der Waals surface area contributed by atoms with Crippen LogP contribution in [0, 0.1) is 0 Å². The van der Waals surface area contributed by atoms with Gasteiger partial charge in [-0.1, -0.05) is 24.3 Å². The van der Waals surface area contributed by atoms with Crippen LogP contribution in [-0.2, 0) is 0 Å². The second kappa shape index (κ2) is 7.80. The highest BCUT2D eigenvalue weighted by Gasteiger charge is 2.26. The zero-order valence-corrected chi connectivity index (χ0v) is 15.7. The van der Waals surface area contributed by atoms with Gasteiger partial charge < -0.3 is 14.1 Å². The minimum atomic E-state index is 0.0995. The highest BCUT2D eigenvalue weighted by atomic mass is 16.5. The van der Waals surface area contributed by atoms with Crippen LogP contribution >= 0.6 is 0 Å². The Morgan fingerprint density at radius 1 is 0.963 bits per heavy atom. The first-order valence-electron chi connectivity index (χ1n) is 9.26. The fourth-order valence-corrected chi connectivity index (χ4v) is 3.43. The summed E-state index contributed by atoms with van der Waals surface area (Å²) in [6.07, 6.45) is 0. The highest BCUT2D eigenvalue weighted by Crippen LogP contribution is 2.27. The Labute approximate surface area is 159 Å². The Hall–Kier alpha value is -2.86. The number of anilines is 1. The number of piperazine rings is 1. The van der Waals surface area contributed by atoms with E-state index in [4.69, 9.17) is 9.15 Å². The topological polar surface area (TPSA) is 54.6 Å². The fraction of sp³-hybridized carbons (Fsp3) is 0.333. The number of benzene rings is 2. The number of rotatable bonds is 5. The average molecular weight is 364 g/mol. The second-order valence-electron chi connectivity index (χ2n) is 6.71. The van der Waals surface area contributed by atoms with Gasteiger partial charge in [0, 0.05) is 43.5 Å². The Morgan fingerprint density at radius 3 is 2.48 bits per heavy atom. The summed E-state index contributed by atoms with van der Waals surface area (Å²) in [6, 6.07) is 18.2. The van der Waals surface area contributed by atoms with Gasteiger partial charge in [0.1, 0.15) is 5.75 Å². The van der Waals surface area contributed by atoms with E-state index in [9.17, 15) is 0 Å². The van der Waals surface area contributed by atoms with Crippen molar-refractivity contribution in [1.82, 2.24) is 15.1 Å². The predicted molar refractivity (Wildman–Crippen MR) is 105 cm³/mol. The van der Waals surface area contributed by atoms with Gasteiger partial charge in [0.15, 0.2) is 0 Å². The van der Waals surface area contributed by atoms with Gasteiger partial charge in [0.05, 0.1) is 13.2 Å². The molecule has 0 N–H and O–H groups in total. The minimum absolute atomic E-state index is 0.0995. The molecule has 0 saturated carbocycles. The molecule has 1 atom stereocenters. The van der Waals surface area contributed by atoms with E-state index in [1.807, 2.05) is 42.5 Å². The van der Waals surface area contributed by atoms with Crippen molar-refractivity contribution in [2.45, 2.75) is 13.0 Å². The Bertz CT molecular complexity index is 873. The monoisotopic (exact) mass is 364 g/mol. The third-order valence-electron chi connectivity index (χ3n) is 5.10. The maximum Gasteiger partial charge on any atom is 0.247 e. The molecule has 2 aromatic carbocycles. The molecule has 1 aromatic heterocycles. The third kappa shape index (κ3) is 3.80. The Balaban J connectivity index is 1.40. The molecule has 0 unspecified atom stereocenters. The molecule has 6 nitrogen and oxygen atoms in total. The molecule has 3 aromatic rings. The highest BCUT2D eigenvalue weighted by molar-refractivity contribution is 5.52. The molecule has 2 heterocycles. The van der Waals surface area contributed by atoms with E-state index in [-0.39, 0.29) is 6.04 Å². The summed E-state index contributed by atoms with van der Waals surface area (Å²) in [6.45, 7) is 5.93. The molecule has 1 fully saturated rings. The lowest BCUT2D eigenvalue weighted by atomic mass is 10.2. The summed E-state index contributed by atoms with van der Waals surface area (Å²) in [4.78, 5) is 4.77. The molecule has 1 saturated heterocycles. The van der Waals surface area contributed by atoms with Crippen LogP contribution in [0.25, 0.3) is 11.5 Å². The number of methoxy groups -OCH3 is 1. The molecular formula is C21H24N4O2. The van der Waals surface area contributed by atoms with E-state index in [1.165, 1.54) is 5.69 Å². The summed E-state index contributed by atoms with van der Waals surface area (Å²) in [5.41, 5.74) is 2.15. The van der Waals surface area contributed by atoms with Crippen molar-refractivity contribution in [3.8, 4) is 17.2 Å². The quantitative estimate of drug-likeness (QED) is 0.689. The fourth-order valence-electron chi connectivity index (χ4n) is 3.43. The van der Waals surface area contributed by atoms with E-state index < -0.39 is 0 Å². The molecule has 1 aliphatic heterocycles. The van der Waals surface area contributed by atoms with Gasteiger partial charge in [-0.2, -0.15) is 0 Å². The lowest BCUT2D eigenvalue weighted by molar-refractivity contribution is 0.173. The van der Waals surface area contributed by atoms with Crippen molar-refractivity contribution in [2.24, 2.45) is 0 Å². The van der Waals surface area contributed by atoms with Crippen molar-refractivity contribution >= 4 is 5.69 Å². The zero-order valence-electron chi connectivity index (χ0n) is 15.7. The molecular weight excluding hydrogens is 340 g/mol. The summed E-state index contributed by atoms with van der Waals surface area (Å²) >= 11 is 0. The van der Waals surface area contributed by atoms with Crippen LogP contribution in [-0.4, -0.2) is 48.4 Å². The number of hydrogen-bond acceptors (Lipinski definition) is 6. The van der Waals surface area contributed by atoms with Crippen LogP contribution in [0.4, 0.5) is 5.69 Å². The predicted octanol–water partition coefficient (Wildman–Crippen LogP) is 3.63. The third-order valence-corrected chi connectivity index (χ3v) is 5.10. The Kier molecular flexibility index (Phi) is 5.07. The van der Waals surface area contributed by atoms with Crippen LogP contribution in [0.15, 0.2) is 59.0 Å². The number of nitrogens with zero attached hydrogens (tertiary/aromatic N) is 4. The smallest absolute Gasteiger partial charge is 0.247 e. The van der Waals surface area contributed by atoms with E-state index in [2.05, 4.69) is 39.1 Å². The van der Waals surface area contributed by atoms with Crippen molar-refractivity contribution in [3.05, 3.63) is 60.5 Å². The van der Waals surface area contributed by atoms with Crippen LogP contribution < -0.4 is 9.64 Å². The van der Waals surface area contributed by atoms with Crippen molar-refractivity contribution < 1.29 is 9.15 Å². The van der Waals surface area contributed by atoms with E-state index >= 15 is 0 Å². The first-order chi connectivity index (χ1) is 13.2. The van der Waals surface area contributed by atoms with E-state index in [0.717, 1.165) is 37.5 Å². The normalized spacial score (nSPS) is 16.3. The lowest BCUT2D eigenvalue weighted by Gasteiger charge is -2.38. The molecule has 0 spiro atoms. The maximum atomic E-state index is 5.93. The molecule has 4 rings (SSSR count). The molecule has 0 radical (unpaired) electrons. The van der Waals surface area contributed by atoms with Crippen LogP contribution in [0.1, 0.15) is 18.9 Å². The zero-order chi connectivity index (χ0) is 18.6. The standard InChI is InChI=1S/C21H24N4O2/c1-16(20-22-23-21(27-20)17-7-4-3-5-8-17)24-11-13-25(14-12-24)18-9-6-10-19(15-18)26-2/h3-10,15-16H,11-14H2,1-2H3/t16-/m0/s1.